The maximum Gasteiger partial charge on any atom is 0.435 e. The highest BCUT2D eigenvalue weighted by Gasteiger charge is 2.43. The monoisotopic (exact) mass is 261 g/mol. The van der Waals surface area contributed by atoms with Gasteiger partial charge in [0.1, 0.15) is 0 Å². The van der Waals surface area contributed by atoms with E-state index < -0.39 is 17.8 Å². The van der Waals surface area contributed by atoms with Crippen molar-refractivity contribution in [2.75, 3.05) is 13.6 Å². The zero-order chi connectivity index (χ0) is 13.7. The quantitative estimate of drug-likeness (QED) is 0.776. The van der Waals surface area contributed by atoms with Gasteiger partial charge in [-0.3, -0.25) is 9.48 Å². The number of halogens is 3. The van der Waals surface area contributed by atoms with Gasteiger partial charge in [-0.25, -0.2) is 0 Å². The first-order chi connectivity index (χ1) is 8.23. The summed E-state index contributed by atoms with van der Waals surface area (Å²) in [7, 11) is 1.50. The van der Waals surface area contributed by atoms with Crippen molar-refractivity contribution in [2.45, 2.75) is 32.5 Å². The van der Waals surface area contributed by atoms with Crippen molar-refractivity contribution in [3.8, 4) is 0 Å². The van der Waals surface area contributed by atoms with Crippen LogP contribution in [0.25, 0.3) is 0 Å². The molecule has 0 aromatic carbocycles. The number of rotatable bonds is 1. The topological polar surface area (TPSA) is 38.1 Å². The van der Waals surface area contributed by atoms with E-state index >= 15 is 0 Å². The van der Waals surface area contributed by atoms with Crippen molar-refractivity contribution in [1.82, 2.24) is 14.7 Å². The Hall–Kier alpha value is -1.53. The molecule has 0 atom stereocenters. The van der Waals surface area contributed by atoms with Crippen LogP contribution in [0.2, 0.25) is 0 Å². The van der Waals surface area contributed by atoms with E-state index in [1.165, 1.54) is 16.6 Å². The molecule has 18 heavy (non-hydrogen) atoms. The Bertz CT molecular complexity index is 490. The van der Waals surface area contributed by atoms with Crippen LogP contribution in [0.3, 0.4) is 0 Å². The van der Waals surface area contributed by atoms with Gasteiger partial charge in [-0.05, 0) is 13.8 Å². The summed E-state index contributed by atoms with van der Waals surface area (Å²) in [5, 5.41) is 3.59. The molecule has 2 heterocycles. The Balaban J connectivity index is 2.67. The summed E-state index contributed by atoms with van der Waals surface area (Å²) >= 11 is 0. The minimum absolute atomic E-state index is 0.203. The summed E-state index contributed by atoms with van der Waals surface area (Å²) in [5.41, 5.74) is -0.965. The second kappa shape index (κ2) is 4.00. The van der Waals surface area contributed by atoms with E-state index in [9.17, 15) is 18.0 Å². The summed E-state index contributed by atoms with van der Waals surface area (Å²) < 4.78 is 40.0. The second-order valence-corrected chi connectivity index (χ2v) is 4.68. The van der Waals surface area contributed by atoms with E-state index in [2.05, 4.69) is 5.10 Å². The Morgan fingerprint density at radius 1 is 1.33 bits per heavy atom. The minimum Gasteiger partial charge on any atom is -0.341 e. The predicted octanol–water partition coefficient (Wildman–Crippen LogP) is 2.11. The van der Waals surface area contributed by atoms with Crippen molar-refractivity contribution in [3.63, 3.8) is 0 Å². The average molecular weight is 261 g/mol. The fourth-order valence-electron chi connectivity index (χ4n) is 2.13. The van der Waals surface area contributed by atoms with E-state index in [-0.39, 0.29) is 11.6 Å². The van der Waals surface area contributed by atoms with Crippen LogP contribution in [0.1, 0.15) is 41.6 Å². The third-order valence-electron chi connectivity index (χ3n) is 3.01. The van der Waals surface area contributed by atoms with Gasteiger partial charge < -0.3 is 4.90 Å². The van der Waals surface area contributed by atoms with Gasteiger partial charge in [-0.2, -0.15) is 18.3 Å². The molecule has 100 valence electrons. The van der Waals surface area contributed by atoms with Crippen LogP contribution in [0.5, 0.6) is 0 Å². The first-order valence-electron chi connectivity index (χ1n) is 5.67. The van der Waals surface area contributed by atoms with Gasteiger partial charge in [0.05, 0.1) is 11.3 Å². The number of hydrogen-bond acceptors (Lipinski definition) is 2. The molecule has 7 heteroatoms. The Morgan fingerprint density at radius 2 is 1.94 bits per heavy atom. The van der Waals surface area contributed by atoms with Gasteiger partial charge in [0, 0.05) is 26.1 Å². The van der Waals surface area contributed by atoms with Crippen molar-refractivity contribution in [1.29, 1.82) is 0 Å². The third-order valence-corrected chi connectivity index (χ3v) is 3.01. The number of hydrogen-bond donors (Lipinski definition) is 0. The number of alkyl halides is 3. The molecular weight excluding hydrogens is 247 g/mol. The van der Waals surface area contributed by atoms with Gasteiger partial charge in [0.25, 0.3) is 5.91 Å². The molecule has 1 aliphatic rings. The third kappa shape index (κ3) is 1.87. The van der Waals surface area contributed by atoms with Crippen LogP contribution in [0, 0.1) is 0 Å². The maximum atomic E-state index is 12.9. The molecule has 0 saturated carbocycles. The molecule has 2 rings (SSSR count). The van der Waals surface area contributed by atoms with Gasteiger partial charge in [-0.1, -0.05) is 0 Å². The number of carbonyl (C=O) groups is 1. The predicted molar refractivity (Wildman–Crippen MR) is 58.3 cm³/mol. The van der Waals surface area contributed by atoms with Crippen LogP contribution >= 0.6 is 0 Å². The van der Waals surface area contributed by atoms with Gasteiger partial charge in [0.15, 0.2) is 5.69 Å². The lowest BCUT2D eigenvalue weighted by Gasteiger charge is -2.24. The summed E-state index contributed by atoms with van der Waals surface area (Å²) in [6.45, 7) is 3.91. The molecule has 0 bridgehead atoms. The fraction of sp³-hybridized carbons (Fsp3) is 0.636. The lowest BCUT2D eigenvalue weighted by molar-refractivity contribution is -0.142. The van der Waals surface area contributed by atoms with Crippen molar-refractivity contribution < 1.29 is 18.0 Å². The summed E-state index contributed by atoms with van der Waals surface area (Å²) in [6.07, 6.45) is -4.20. The molecule has 0 unspecified atom stereocenters. The molecule has 0 aliphatic carbocycles. The van der Waals surface area contributed by atoms with Crippen LogP contribution in [0.15, 0.2) is 0 Å². The number of aromatic nitrogens is 2. The van der Waals surface area contributed by atoms with E-state index in [4.69, 9.17) is 0 Å². The zero-order valence-electron chi connectivity index (χ0n) is 10.4. The van der Waals surface area contributed by atoms with Gasteiger partial charge in [-0.15, -0.1) is 0 Å². The van der Waals surface area contributed by atoms with Gasteiger partial charge >= 0.3 is 6.18 Å². The minimum atomic E-state index is -4.60. The molecule has 1 amide bonds. The zero-order valence-corrected chi connectivity index (χ0v) is 10.4. The number of likely N-dealkylation sites (N-methyl/N-ethyl adjacent to an activating group) is 1. The van der Waals surface area contributed by atoms with Crippen molar-refractivity contribution in [3.05, 3.63) is 17.0 Å². The summed E-state index contributed by atoms with van der Waals surface area (Å²) in [6, 6.07) is -0.203. The van der Waals surface area contributed by atoms with Crippen LogP contribution in [0.4, 0.5) is 13.2 Å². The molecule has 1 aromatic rings. The summed E-state index contributed by atoms with van der Waals surface area (Å²) in [5.74, 6) is -0.601. The van der Waals surface area contributed by atoms with Crippen LogP contribution < -0.4 is 0 Å². The molecule has 4 nitrogen and oxygen atoms in total. The molecule has 1 aliphatic heterocycles. The molecule has 0 N–H and O–H groups in total. The fourth-order valence-corrected chi connectivity index (χ4v) is 2.13. The molecule has 1 aromatic heterocycles. The molecule has 0 spiro atoms. The molecule has 0 radical (unpaired) electrons. The van der Waals surface area contributed by atoms with E-state index in [0.717, 1.165) is 0 Å². The second-order valence-electron chi connectivity index (χ2n) is 4.68. The normalized spacial score (nSPS) is 16.4. The Labute approximate surface area is 102 Å². The highest BCUT2D eigenvalue weighted by molar-refractivity contribution is 5.97. The molecule has 0 fully saturated rings. The first-order valence-corrected chi connectivity index (χ1v) is 5.67. The Morgan fingerprint density at radius 3 is 2.44 bits per heavy atom. The first kappa shape index (κ1) is 12.9. The highest BCUT2D eigenvalue weighted by Crippen LogP contribution is 2.35. The lowest BCUT2D eigenvalue weighted by atomic mass is 10.0. The SMILES string of the molecule is CC(C)n1nc(C(F)(F)F)c2c1CCN(C)C2=O. The number of carbonyl (C=O) groups excluding carboxylic acids is 1. The maximum absolute atomic E-state index is 12.9. The highest BCUT2D eigenvalue weighted by atomic mass is 19.4. The van der Waals surface area contributed by atoms with Gasteiger partial charge in [0.2, 0.25) is 0 Å². The van der Waals surface area contributed by atoms with E-state index in [1.54, 1.807) is 13.8 Å². The van der Waals surface area contributed by atoms with E-state index in [1.807, 2.05) is 0 Å². The number of fused-ring (bicyclic) bond motifs is 1. The largest absolute Gasteiger partial charge is 0.435 e. The lowest BCUT2D eigenvalue weighted by Crippen LogP contribution is -2.35. The van der Waals surface area contributed by atoms with Crippen LogP contribution in [-0.4, -0.2) is 34.2 Å². The van der Waals surface area contributed by atoms with Crippen LogP contribution in [-0.2, 0) is 12.6 Å². The molecular formula is C11H14F3N3O. The smallest absolute Gasteiger partial charge is 0.341 e. The van der Waals surface area contributed by atoms with Crippen molar-refractivity contribution >= 4 is 5.91 Å². The number of amides is 1. The Kier molecular flexibility index (Phi) is 2.87. The average Bonchev–Trinajstić information content (AvgIpc) is 2.63. The summed E-state index contributed by atoms with van der Waals surface area (Å²) in [4.78, 5) is 13.2. The number of nitrogens with zero attached hydrogens (tertiary/aromatic N) is 3. The van der Waals surface area contributed by atoms with Crippen molar-refractivity contribution in [2.24, 2.45) is 0 Å². The molecule has 0 saturated heterocycles. The standard InChI is InChI=1S/C11H14F3N3O/c1-6(2)17-7-4-5-16(3)10(18)8(7)9(15-17)11(12,13)14/h6H,4-5H2,1-3H3. The van der Waals surface area contributed by atoms with E-state index in [0.29, 0.717) is 18.7 Å².